The van der Waals surface area contributed by atoms with E-state index in [-0.39, 0.29) is 29.2 Å². The minimum absolute atomic E-state index is 0.0477. The zero-order valence-corrected chi connectivity index (χ0v) is 22.0. The Kier molecular flexibility index (Phi) is 9.94. The number of nitrogens with one attached hydrogen (secondary N) is 1. The summed E-state index contributed by atoms with van der Waals surface area (Å²) in [4.78, 5) is 28.2. The van der Waals surface area contributed by atoms with Gasteiger partial charge in [0.25, 0.3) is 0 Å². The number of aryl methyl sites for hydroxylation is 1. The van der Waals surface area contributed by atoms with E-state index in [4.69, 9.17) is 11.6 Å². The molecule has 0 aliphatic carbocycles. The van der Waals surface area contributed by atoms with Crippen molar-refractivity contribution in [1.29, 1.82) is 0 Å². The number of hydrogen-bond donors (Lipinski definition) is 1. The van der Waals surface area contributed by atoms with Crippen LogP contribution in [-0.2, 0) is 26.2 Å². The van der Waals surface area contributed by atoms with Gasteiger partial charge in [0.15, 0.2) is 0 Å². The molecule has 0 saturated heterocycles. The van der Waals surface area contributed by atoms with Crippen molar-refractivity contribution in [2.75, 3.05) is 17.1 Å². The maximum absolute atomic E-state index is 13.6. The van der Waals surface area contributed by atoms with Crippen LogP contribution in [0.5, 0.6) is 0 Å². The summed E-state index contributed by atoms with van der Waals surface area (Å²) >= 11 is 6.25. The van der Waals surface area contributed by atoms with Crippen LogP contribution in [0.1, 0.15) is 44.7 Å². The number of rotatable bonds is 11. The molecule has 9 heteroatoms. The number of carbonyl (C=O) groups is 2. The highest BCUT2D eigenvalue weighted by Crippen LogP contribution is 2.27. The molecule has 0 unspecified atom stereocenters. The molecule has 0 aliphatic rings. The predicted octanol–water partition coefficient (Wildman–Crippen LogP) is 4.14. The highest BCUT2D eigenvalue weighted by atomic mass is 35.5. The molecule has 0 bridgehead atoms. The molecule has 0 spiro atoms. The number of sulfonamides is 1. The van der Waals surface area contributed by atoms with Gasteiger partial charge in [-0.15, -0.1) is 0 Å². The number of carbonyl (C=O) groups excluding carboxylic acids is 2. The molecule has 2 atom stereocenters. The fourth-order valence-electron chi connectivity index (χ4n) is 3.50. The third-order valence-electron chi connectivity index (χ3n) is 5.66. The molecule has 0 aromatic heterocycles. The number of nitrogens with zero attached hydrogens (tertiary/aromatic N) is 2. The zero-order chi connectivity index (χ0) is 25.5. The largest absolute Gasteiger partial charge is 0.352 e. The average Bonchev–Trinajstić information content (AvgIpc) is 2.78. The Morgan fingerprint density at radius 3 is 2.18 bits per heavy atom. The second-order valence-electron chi connectivity index (χ2n) is 8.47. The summed E-state index contributed by atoms with van der Waals surface area (Å²) in [5.41, 5.74) is 2.13. The monoisotopic (exact) mass is 507 g/mol. The quantitative estimate of drug-likeness (QED) is 0.495. The lowest BCUT2D eigenvalue weighted by atomic mass is 10.1. The Balaban J connectivity index is 2.44. The lowest BCUT2D eigenvalue weighted by Gasteiger charge is -2.33. The molecule has 2 aromatic rings. The normalized spacial score (nSPS) is 13.1. The molecule has 2 amide bonds. The van der Waals surface area contributed by atoms with E-state index in [0.717, 1.165) is 28.1 Å². The summed E-state index contributed by atoms with van der Waals surface area (Å²) in [5.74, 6) is -0.752. The SMILES string of the molecule is CC[C@@H](C)NC(=O)[C@@H](CC)N(Cc1ccc(C)cc1)C(=O)CN(c1ccccc1Cl)S(C)(=O)=O. The van der Waals surface area contributed by atoms with Gasteiger partial charge in [0.05, 0.1) is 17.0 Å². The number of hydrogen-bond acceptors (Lipinski definition) is 4. The number of benzene rings is 2. The number of para-hydroxylation sites is 1. The molecule has 7 nitrogen and oxygen atoms in total. The van der Waals surface area contributed by atoms with Gasteiger partial charge in [0, 0.05) is 12.6 Å². The molecular formula is C25H34ClN3O4S. The summed E-state index contributed by atoms with van der Waals surface area (Å²) in [6, 6.07) is 13.3. The molecule has 0 aliphatic heterocycles. The van der Waals surface area contributed by atoms with Crippen LogP contribution >= 0.6 is 11.6 Å². The van der Waals surface area contributed by atoms with Gasteiger partial charge < -0.3 is 10.2 Å². The van der Waals surface area contributed by atoms with E-state index in [1.54, 1.807) is 24.3 Å². The van der Waals surface area contributed by atoms with E-state index in [1.165, 1.54) is 4.90 Å². The Morgan fingerprint density at radius 1 is 1.03 bits per heavy atom. The first-order valence-corrected chi connectivity index (χ1v) is 13.6. The van der Waals surface area contributed by atoms with E-state index in [1.807, 2.05) is 52.0 Å². The summed E-state index contributed by atoms with van der Waals surface area (Å²) in [7, 11) is -3.82. The van der Waals surface area contributed by atoms with Gasteiger partial charge in [-0.3, -0.25) is 13.9 Å². The molecule has 1 N–H and O–H groups in total. The first-order chi connectivity index (χ1) is 16.0. The van der Waals surface area contributed by atoms with E-state index in [9.17, 15) is 18.0 Å². The van der Waals surface area contributed by atoms with Gasteiger partial charge in [-0.05, 0) is 44.4 Å². The molecule has 2 rings (SSSR count). The first-order valence-electron chi connectivity index (χ1n) is 11.4. The molecule has 0 fully saturated rings. The smallest absolute Gasteiger partial charge is 0.244 e. The molecule has 2 aromatic carbocycles. The van der Waals surface area contributed by atoms with Crippen molar-refractivity contribution < 1.29 is 18.0 Å². The van der Waals surface area contributed by atoms with Crippen molar-refractivity contribution in [3.8, 4) is 0 Å². The fourth-order valence-corrected chi connectivity index (χ4v) is 4.65. The van der Waals surface area contributed by atoms with Crippen molar-refractivity contribution in [2.24, 2.45) is 0 Å². The third-order valence-corrected chi connectivity index (χ3v) is 7.11. The highest BCUT2D eigenvalue weighted by Gasteiger charge is 2.32. The van der Waals surface area contributed by atoms with Gasteiger partial charge in [-0.25, -0.2) is 8.42 Å². The molecule has 34 heavy (non-hydrogen) atoms. The second-order valence-corrected chi connectivity index (χ2v) is 10.8. The lowest BCUT2D eigenvalue weighted by Crippen LogP contribution is -2.53. The van der Waals surface area contributed by atoms with Crippen molar-refractivity contribution in [2.45, 2.75) is 59.2 Å². The van der Waals surface area contributed by atoms with Gasteiger partial charge in [-0.2, -0.15) is 0 Å². The van der Waals surface area contributed by atoms with Crippen LogP contribution in [-0.4, -0.2) is 50.0 Å². The number of halogens is 1. The molecular weight excluding hydrogens is 474 g/mol. The maximum atomic E-state index is 13.6. The Morgan fingerprint density at radius 2 is 1.65 bits per heavy atom. The zero-order valence-electron chi connectivity index (χ0n) is 20.4. The van der Waals surface area contributed by atoms with Crippen LogP contribution in [0.4, 0.5) is 5.69 Å². The van der Waals surface area contributed by atoms with Gasteiger partial charge in [0.2, 0.25) is 21.8 Å². The van der Waals surface area contributed by atoms with E-state index >= 15 is 0 Å². The van der Waals surface area contributed by atoms with E-state index < -0.39 is 28.5 Å². The van der Waals surface area contributed by atoms with Crippen LogP contribution in [0.3, 0.4) is 0 Å². The highest BCUT2D eigenvalue weighted by molar-refractivity contribution is 7.92. The van der Waals surface area contributed by atoms with Crippen molar-refractivity contribution in [3.63, 3.8) is 0 Å². The van der Waals surface area contributed by atoms with Crippen LogP contribution in [0.15, 0.2) is 48.5 Å². The second kappa shape index (κ2) is 12.2. The van der Waals surface area contributed by atoms with Crippen molar-refractivity contribution in [1.82, 2.24) is 10.2 Å². The summed E-state index contributed by atoms with van der Waals surface area (Å²) in [6.45, 7) is 7.37. The number of amides is 2. The Bertz CT molecular complexity index is 1090. The van der Waals surface area contributed by atoms with Gasteiger partial charge >= 0.3 is 0 Å². The minimum atomic E-state index is -3.82. The van der Waals surface area contributed by atoms with Crippen LogP contribution < -0.4 is 9.62 Å². The fraction of sp³-hybridized carbons (Fsp3) is 0.440. The van der Waals surface area contributed by atoms with Gasteiger partial charge in [0.1, 0.15) is 12.6 Å². The third kappa shape index (κ3) is 7.46. The summed E-state index contributed by atoms with van der Waals surface area (Å²) in [5, 5.41) is 3.16. The average molecular weight is 508 g/mol. The lowest BCUT2D eigenvalue weighted by molar-refractivity contribution is -0.140. The van der Waals surface area contributed by atoms with E-state index in [2.05, 4.69) is 5.32 Å². The Hall–Kier alpha value is -2.58. The molecule has 0 heterocycles. The molecule has 0 saturated carbocycles. The maximum Gasteiger partial charge on any atom is 0.244 e. The topological polar surface area (TPSA) is 86.8 Å². The molecule has 0 radical (unpaired) electrons. The Labute approximate surface area is 208 Å². The minimum Gasteiger partial charge on any atom is -0.352 e. The number of anilines is 1. The standard InChI is InChI=1S/C25H34ClN3O4S/c1-6-19(4)27-25(31)22(7-2)28(16-20-14-12-18(3)13-15-20)24(30)17-29(34(5,32)33)23-11-9-8-10-21(23)26/h8-15,19,22H,6-7,16-17H2,1-5H3,(H,27,31)/t19-,22-/m1/s1. The first kappa shape index (κ1) is 27.7. The van der Waals surface area contributed by atoms with Crippen LogP contribution in [0.25, 0.3) is 0 Å². The van der Waals surface area contributed by atoms with Crippen molar-refractivity contribution >= 4 is 39.1 Å². The predicted molar refractivity (Wildman–Crippen MR) is 137 cm³/mol. The summed E-state index contributed by atoms with van der Waals surface area (Å²) < 4.78 is 26.2. The summed E-state index contributed by atoms with van der Waals surface area (Å²) in [6.07, 6.45) is 2.16. The van der Waals surface area contributed by atoms with E-state index in [0.29, 0.717) is 6.42 Å². The van der Waals surface area contributed by atoms with Crippen molar-refractivity contribution in [3.05, 3.63) is 64.7 Å². The van der Waals surface area contributed by atoms with Crippen LogP contribution in [0.2, 0.25) is 5.02 Å². The van der Waals surface area contributed by atoms with Gasteiger partial charge in [-0.1, -0.05) is 67.4 Å². The molecule has 186 valence electrons. The van der Waals surface area contributed by atoms with Crippen LogP contribution in [0, 0.1) is 6.92 Å².